The Balaban J connectivity index is 1.36. The molecule has 3 heterocycles. The second-order valence-electron chi connectivity index (χ2n) is 8.05. The van der Waals surface area contributed by atoms with Gasteiger partial charge in [0.1, 0.15) is 11.5 Å². The van der Waals surface area contributed by atoms with Gasteiger partial charge >= 0.3 is 0 Å². The molecule has 1 N–H and O–H groups in total. The first-order valence-electron chi connectivity index (χ1n) is 10.6. The maximum Gasteiger partial charge on any atom is 0.227 e. The van der Waals surface area contributed by atoms with Crippen LogP contribution in [0, 0.1) is 12.7 Å². The molecule has 1 fully saturated rings. The molecule has 0 bridgehead atoms. The molecule has 0 radical (unpaired) electrons. The second kappa shape index (κ2) is 8.94. The average molecular weight is 452 g/mol. The van der Waals surface area contributed by atoms with Gasteiger partial charge in [0, 0.05) is 42.1 Å². The number of aryl methyl sites for hydroxylation is 1. The van der Waals surface area contributed by atoms with Crippen molar-refractivity contribution in [2.24, 2.45) is 4.99 Å². The summed E-state index contributed by atoms with van der Waals surface area (Å²) in [4.78, 5) is 15.7. The van der Waals surface area contributed by atoms with Gasteiger partial charge in [-0.2, -0.15) is 0 Å². The van der Waals surface area contributed by atoms with Crippen LogP contribution in [0.25, 0.3) is 0 Å². The van der Waals surface area contributed by atoms with Gasteiger partial charge in [-0.15, -0.1) is 0 Å². The molecular formula is C24H23ClFN5O. The van der Waals surface area contributed by atoms with Crippen molar-refractivity contribution in [2.45, 2.75) is 19.4 Å². The van der Waals surface area contributed by atoms with E-state index in [9.17, 15) is 4.39 Å². The highest BCUT2D eigenvalue weighted by Gasteiger charge is 2.25. The van der Waals surface area contributed by atoms with Crippen LogP contribution in [0.5, 0.6) is 0 Å². The molecule has 32 heavy (non-hydrogen) atoms. The highest BCUT2D eigenvalue weighted by Crippen LogP contribution is 2.36. The molecule has 0 aliphatic carbocycles. The van der Waals surface area contributed by atoms with Gasteiger partial charge in [0.2, 0.25) is 5.95 Å². The molecule has 2 aliphatic heterocycles. The van der Waals surface area contributed by atoms with E-state index in [-0.39, 0.29) is 11.7 Å². The number of ether oxygens (including phenoxy) is 1. The lowest BCUT2D eigenvalue weighted by atomic mass is 9.96. The maximum absolute atomic E-state index is 14.9. The summed E-state index contributed by atoms with van der Waals surface area (Å²) in [5.41, 5.74) is 4.75. The molecule has 2 aromatic carbocycles. The van der Waals surface area contributed by atoms with E-state index in [2.05, 4.69) is 25.2 Å². The summed E-state index contributed by atoms with van der Waals surface area (Å²) in [6.45, 7) is 5.57. The van der Waals surface area contributed by atoms with Crippen molar-refractivity contribution in [2.75, 3.05) is 31.6 Å². The van der Waals surface area contributed by atoms with Crippen molar-refractivity contribution >= 4 is 35.1 Å². The molecule has 2 aliphatic rings. The number of nitrogens with zero attached hydrogens (tertiary/aromatic N) is 4. The molecule has 0 spiro atoms. The van der Waals surface area contributed by atoms with Crippen LogP contribution >= 0.6 is 11.6 Å². The standard InChI is InChI=1S/C24H23ClFN5O/c1-15-2-5-18(11-20(15)25)29-24-28-13-22-23(30-24)19(12-27-22)16-3-4-17(21(26)10-16)14-31-6-8-32-9-7-31/h2-5,10-13,19H,6-9,14H2,1H3,(H,28,29,30). The van der Waals surface area contributed by atoms with Crippen LogP contribution in [0.3, 0.4) is 0 Å². The lowest BCUT2D eigenvalue weighted by Crippen LogP contribution is -2.35. The maximum atomic E-state index is 14.9. The summed E-state index contributed by atoms with van der Waals surface area (Å²) in [7, 11) is 0. The Morgan fingerprint density at radius 3 is 2.81 bits per heavy atom. The van der Waals surface area contributed by atoms with E-state index in [1.54, 1.807) is 18.5 Å². The minimum absolute atomic E-state index is 0.211. The summed E-state index contributed by atoms with van der Waals surface area (Å²) in [6.07, 6.45) is 3.47. The average Bonchev–Trinajstić information content (AvgIpc) is 3.22. The molecule has 1 unspecified atom stereocenters. The highest BCUT2D eigenvalue weighted by atomic mass is 35.5. The SMILES string of the molecule is Cc1ccc(Nc2ncc3c(n2)C(c2ccc(CN4CCOCC4)c(F)c2)C=N3)cc1Cl. The Morgan fingerprint density at radius 2 is 2.03 bits per heavy atom. The first-order valence-corrected chi connectivity index (χ1v) is 11.0. The third-order valence-electron chi connectivity index (χ3n) is 5.82. The van der Waals surface area contributed by atoms with Crippen molar-refractivity contribution in [3.05, 3.63) is 75.8 Å². The van der Waals surface area contributed by atoms with Crippen molar-refractivity contribution in [3.63, 3.8) is 0 Å². The van der Waals surface area contributed by atoms with Crippen LogP contribution < -0.4 is 5.32 Å². The molecule has 0 saturated carbocycles. The van der Waals surface area contributed by atoms with Crippen LogP contribution in [0.2, 0.25) is 5.02 Å². The van der Waals surface area contributed by atoms with Crippen molar-refractivity contribution in [3.8, 4) is 0 Å². The zero-order valence-corrected chi connectivity index (χ0v) is 18.4. The number of nitrogens with one attached hydrogen (secondary N) is 1. The molecule has 164 valence electrons. The molecule has 8 heteroatoms. The fourth-order valence-corrected chi connectivity index (χ4v) is 4.11. The van der Waals surface area contributed by atoms with Gasteiger partial charge in [0.25, 0.3) is 0 Å². The summed E-state index contributed by atoms with van der Waals surface area (Å²) >= 11 is 6.22. The van der Waals surface area contributed by atoms with Gasteiger partial charge in [0.05, 0.1) is 31.0 Å². The number of halogens is 2. The highest BCUT2D eigenvalue weighted by molar-refractivity contribution is 6.31. The first kappa shape index (κ1) is 21.0. The van der Waals surface area contributed by atoms with Crippen LogP contribution in [0.1, 0.15) is 28.3 Å². The van der Waals surface area contributed by atoms with Gasteiger partial charge in [-0.25, -0.2) is 14.4 Å². The summed E-state index contributed by atoms with van der Waals surface area (Å²) in [5, 5.41) is 3.86. The summed E-state index contributed by atoms with van der Waals surface area (Å²) in [6, 6.07) is 11.1. The largest absolute Gasteiger partial charge is 0.379 e. The zero-order chi connectivity index (χ0) is 22.1. The number of aliphatic imine (C=N–C) groups is 1. The van der Waals surface area contributed by atoms with Crippen molar-refractivity contribution in [1.82, 2.24) is 14.9 Å². The Bertz CT molecular complexity index is 1180. The van der Waals surface area contributed by atoms with Gasteiger partial charge in [-0.3, -0.25) is 9.89 Å². The van der Waals surface area contributed by atoms with Crippen LogP contribution in [0.15, 0.2) is 47.6 Å². The Kier molecular flexibility index (Phi) is 5.87. The third-order valence-corrected chi connectivity index (χ3v) is 6.22. The van der Waals surface area contributed by atoms with Crippen LogP contribution in [-0.4, -0.2) is 47.4 Å². The van der Waals surface area contributed by atoms with E-state index < -0.39 is 0 Å². The number of hydrogen-bond donors (Lipinski definition) is 1. The van der Waals surface area contributed by atoms with E-state index in [1.165, 1.54) is 0 Å². The van der Waals surface area contributed by atoms with Gasteiger partial charge in [-0.05, 0) is 36.2 Å². The van der Waals surface area contributed by atoms with Crippen molar-refractivity contribution < 1.29 is 9.13 Å². The number of benzene rings is 2. The van der Waals surface area contributed by atoms with E-state index in [0.717, 1.165) is 35.6 Å². The summed E-state index contributed by atoms with van der Waals surface area (Å²) in [5.74, 6) is 0.0169. The number of aromatic nitrogens is 2. The Labute approximate surface area is 191 Å². The van der Waals surface area contributed by atoms with E-state index in [1.807, 2.05) is 37.3 Å². The van der Waals surface area contributed by atoms with Gasteiger partial charge in [-0.1, -0.05) is 29.8 Å². The normalized spacial score (nSPS) is 18.0. The second-order valence-corrected chi connectivity index (χ2v) is 8.46. The molecular weight excluding hydrogens is 429 g/mol. The molecule has 6 nitrogen and oxygen atoms in total. The van der Waals surface area contributed by atoms with E-state index >= 15 is 0 Å². The summed E-state index contributed by atoms with van der Waals surface area (Å²) < 4.78 is 20.3. The molecule has 1 aromatic heterocycles. The van der Waals surface area contributed by atoms with Crippen LogP contribution in [0.4, 0.5) is 21.7 Å². The lowest BCUT2D eigenvalue weighted by molar-refractivity contribution is 0.0337. The number of hydrogen-bond acceptors (Lipinski definition) is 6. The van der Waals surface area contributed by atoms with Crippen LogP contribution in [-0.2, 0) is 11.3 Å². The van der Waals surface area contributed by atoms with Gasteiger partial charge in [0.15, 0.2) is 0 Å². The fraction of sp³-hybridized carbons (Fsp3) is 0.292. The number of fused-ring (bicyclic) bond motifs is 1. The number of anilines is 2. The number of morpholine rings is 1. The predicted octanol–water partition coefficient (Wildman–Crippen LogP) is 5.00. The minimum Gasteiger partial charge on any atom is -0.379 e. The monoisotopic (exact) mass is 451 g/mol. The molecule has 5 rings (SSSR count). The van der Waals surface area contributed by atoms with Gasteiger partial charge < -0.3 is 10.1 Å². The van der Waals surface area contributed by atoms with E-state index in [0.29, 0.717) is 42.0 Å². The molecule has 1 saturated heterocycles. The quantitative estimate of drug-likeness (QED) is 0.591. The molecule has 3 aromatic rings. The predicted molar refractivity (Wildman–Crippen MR) is 124 cm³/mol. The zero-order valence-electron chi connectivity index (χ0n) is 17.7. The van der Waals surface area contributed by atoms with E-state index in [4.69, 9.17) is 16.3 Å². The first-order chi connectivity index (χ1) is 15.6. The fourth-order valence-electron chi connectivity index (χ4n) is 3.93. The topological polar surface area (TPSA) is 62.6 Å². The number of rotatable bonds is 5. The molecule has 1 atom stereocenters. The third kappa shape index (κ3) is 4.37. The Morgan fingerprint density at radius 1 is 1.19 bits per heavy atom. The lowest BCUT2D eigenvalue weighted by Gasteiger charge is -2.26. The smallest absolute Gasteiger partial charge is 0.227 e. The Hall–Kier alpha value is -2.87. The molecule has 0 amide bonds. The van der Waals surface area contributed by atoms with Crippen molar-refractivity contribution in [1.29, 1.82) is 0 Å². The minimum atomic E-state index is -0.220.